The fourth-order valence-corrected chi connectivity index (χ4v) is 3.86. The van der Waals surface area contributed by atoms with E-state index in [-0.39, 0.29) is 10.9 Å². The Morgan fingerprint density at radius 2 is 2.18 bits per heavy atom. The van der Waals surface area contributed by atoms with E-state index < -0.39 is 10.0 Å². The number of piperidine rings is 1. The van der Waals surface area contributed by atoms with E-state index in [9.17, 15) is 8.42 Å². The van der Waals surface area contributed by atoms with Gasteiger partial charge in [-0.3, -0.25) is 0 Å². The average Bonchev–Trinajstić information content (AvgIpc) is 2.30. The van der Waals surface area contributed by atoms with Gasteiger partial charge in [-0.15, -0.1) is 0 Å². The lowest BCUT2D eigenvalue weighted by atomic mass is 9.93. The molecule has 2 aliphatic heterocycles. The Morgan fingerprint density at radius 3 is 2.76 bits per heavy atom. The summed E-state index contributed by atoms with van der Waals surface area (Å²) in [4.78, 5) is 0. The average molecular weight is 262 g/mol. The van der Waals surface area contributed by atoms with Crippen LogP contribution in [0.2, 0.25) is 0 Å². The van der Waals surface area contributed by atoms with Crippen LogP contribution < -0.4 is 5.32 Å². The van der Waals surface area contributed by atoms with Crippen LogP contribution in [0.15, 0.2) is 0 Å². The number of hydrogen-bond acceptors (Lipinski definition) is 4. The number of rotatable bonds is 2. The van der Waals surface area contributed by atoms with Crippen LogP contribution in [-0.2, 0) is 14.8 Å². The van der Waals surface area contributed by atoms with Gasteiger partial charge in [-0.25, -0.2) is 8.42 Å². The second kappa shape index (κ2) is 4.84. The Labute approximate surface area is 104 Å². The summed E-state index contributed by atoms with van der Waals surface area (Å²) in [5, 5.41) is 2.95. The predicted molar refractivity (Wildman–Crippen MR) is 66.4 cm³/mol. The normalized spacial score (nSPS) is 32.2. The molecule has 0 aromatic carbocycles. The second-order valence-electron chi connectivity index (χ2n) is 5.24. The maximum Gasteiger partial charge on any atom is 0.216 e. The molecule has 0 bridgehead atoms. The highest BCUT2D eigenvalue weighted by atomic mass is 32.2. The van der Waals surface area contributed by atoms with Gasteiger partial charge in [0.25, 0.3) is 0 Å². The van der Waals surface area contributed by atoms with Crippen LogP contribution in [0.25, 0.3) is 0 Å². The van der Waals surface area contributed by atoms with Crippen molar-refractivity contribution in [2.75, 3.05) is 32.8 Å². The van der Waals surface area contributed by atoms with Gasteiger partial charge in [-0.05, 0) is 33.2 Å². The lowest BCUT2D eigenvalue weighted by Crippen LogP contribution is -2.60. The summed E-state index contributed by atoms with van der Waals surface area (Å²) >= 11 is 0. The van der Waals surface area contributed by atoms with Crippen LogP contribution >= 0.6 is 0 Å². The molecule has 0 aliphatic carbocycles. The second-order valence-corrected chi connectivity index (χ2v) is 7.73. The molecule has 6 heteroatoms. The van der Waals surface area contributed by atoms with Gasteiger partial charge < -0.3 is 10.1 Å². The summed E-state index contributed by atoms with van der Waals surface area (Å²) in [7, 11) is -3.15. The van der Waals surface area contributed by atoms with Crippen LogP contribution in [0.1, 0.15) is 26.7 Å². The quantitative estimate of drug-likeness (QED) is 0.771. The van der Waals surface area contributed by atoms with E-state index in [1.165, 1.54) is 0 Å². The van der Waals surface area contributed by atoms with E-state index in [0.29, 0.717) is 19.7 Å². The van der Waals surface area contributed by atoms with Crippen molar-refractivity contribution < 1.29 is 13.2 Å². The van der Waals surface area contributed by atoms with Gasteiger partial charge in [-0.2, -0.15) is 4.31 Å². The molecule has 0 aromatic rings. The van der Waals surface area contributed by atoms with Crippen LogP contribution in [0.4, 0.5) is 0 Å². The molecule has 1 spiro atoms. The third kappa shape index (κ3) is 2.65. The SMILES string of the molecule is CC(C)S(=O)(=O)N1CCOC2(CCCNC2)C1. The molecule has 0 radical (unpaired) electrons. The minimum absolute atomic E-state index is 0.293. The first-order chi connectivity index (χ1) is 7.96. The summed E-state index contributed by atoms with van der Waals surface area (Å²) in [6.45, 7) is 6.72. The lowest BCUT2D eigenvalue weighted by Gasteiger charge is -2.44. The molecule has 1 atom stereocenters. The molecule has 0 amide bonds. The van der Waals surface area contributed by atoms with E-state index in [0.717, 1.165) is 25.9 Å². The maximum atomic E-state index is 12.2. The monoisotopic (exact) mass is 262 g/mol. The Morgan fingerprint density at radius 1 is 1.41 bits per heavy atom. The van der Waals surface area contributed by atoms with Gasteiger partial charge in [0.1, 0.15) is 0 Å². The lowest BCUT2D eigenvalue weighted by molar-refractivity contribution is -0.100. The zero-order valence-electron chi connectivity index (χ0n) is 10.6. The number of hydrogen-bond donors (Lipinski definition) is 1. The Balaban J connectivity index is 2.12. The fraction of sp³-hybridized carbons (Fsp3) is 1.00. The van der Waals surface area contributed by atoms with Crippen LogP contribution in [0.3, 0.4) is 0 Å². The van der Waals surface area contributed by atoms with Crippen LogP contribution in [0.5, 0.6) is 0 Å². The summed E-state index contributed by atoms with van der Waals surface area (Å²) in [6, 6.07) is 0. The Hall–Kier alpha value is -0.170. The highest BCUT2D eigenvalue weighted by molar-refractivity contribution is 7.89. The molecule has 5 nitrogen and oxygen atoms in total. The molecule has 0 aromatic heterocycles. The highest BCUT2D eigenvalue weighted by Gasteiger charge is 2.42. The van der Waals surface area contributed by atoms with Crippen LogP contribution in [0, 0.1) is 0 Å². The van der Waals surface area contributed by atoms with Gasteiger partial charge >= 0.3 is 0 Å². The molecule has 0 saturated carbocycles. The molecule has 2 rings (SSSR count). The molecule has 2 fully saturated rings. The van der Waals surface area contributed by atoms with Crippen molar-refractivity contribution in [2.24, 2.45) is 0 Å². The van der Waals surface area contributed by atoms with E-state index in [1.54, 1.807) is 18.2 Å². The fourth-order valence-electron chi connectivity index (χ4n) is 2.52. The molecular weight excluding hydrogens is 240 g/mol. The van der Waals surface area contributed by atoms with Gasteiger partial charge in [-0.1, -0.05) is 0 Å². The first kappa shape index (κ1) is 13.3. The van der Waals surface area contributed by atoms with E-state index in [1.807, 2.05) is 0 Å². The predicted octanol–water partition coefficient (Wildman–Crippen LogP) is 0.179. The van der Waals surface area contributed by atoms with E-state index in [4.69, 9.17) is 4.74 Å². The van der Waals surface area contributed by atoms with Crippen molar-refractivity contribution in [3.05, 3.63) is 0 Å². The minimum atomic E-state index is -3.15. The molecule has 1 unspecified atom stereocenters. The minimum Gasteiger partial charge on any atom is -0.371 e. The molecule has 2 saturated heterocycles. The first-order valence-electron chi connectivity index (χ1n) is 6.30. The summed E-state index contributed by atoms with van der Waals surface area (Å²) in [6.07, 6.45) is 2.00. The van der Waals surface area contributed by atoms with Crippen molar-refractivity contribution in [3.63, 3.8) is 0 Å². The van der Waals surface area contributed by atoms with Gasteiger partial charge in [0, 0.05) is 19.6 Å². The maximum absolute atomic E-state index is 12.2. The molecular formula is C11H22N2O3S. The molecule has 100 valence electrons. The summed E-state index contributed by atoms with van der Waals surface area (Å²) in [5.74, 6) is 0. The largest absolute Gasteiger partial charge is 0.371 e. The van der Waals surface area contributed by atoms with Gasteiger partial charge in [0.15, 0.2) is 0 Å². The third-order valence-corrected chi connectivity index (χ3v) is 5.83. The summed E-state index contributed by atoms with van der Waals surface area (Å²) in [5.41, 5.74) is -0.293. The topological polar surface area (TPSA) is 58.6 Å². The van der Waals surface area contributed by atoms with Crippen molar-refractivity contribution in [1.29, 1.82) is 0 Å². The van der Waals surface area contributed by atoms with E-state index >= 15 is 0 Å². The zero-order valence-corrected chi connectivity index (χ0v) is 11.4. The summed E-state index contributed by atoms with van der Waals surface area (Å²) < 4.78 is 31.8. The van der Waals surface area contributed by atoms with Crippen molar-refractivity contribution in [2.45, 2.75) is 37.5 Å². The van der Waals surface area contributed by atoms with Crippen molar-refractivity contribution in [1.82, 2.24) is 9.62 Å². The number of morpholine rings is 1. The molecule has 2 aliphatic rings. The zero-order chi connectivity index (χ0) is 12.5. The van der Waals surface area contributed by atoms with Gasteiger partial charge in [0.05, 0.1) is 17.5 Å². The van der Waals surface area contributed by atoms with Crippen LogP contribution in [-0.4, -0.2) is 56.4 Å². The number of sulfonamides is 1. The van der Waals surface area contributed by atoms with E-state index in [2.05, 4.69) is 5.32 Å². The number of ether oxygens (including phenoxy) is 1. The molecule has 17 heavy (non-hydrogen) atoms. The Bertz CT molecular complexity index is 355. The Kier molecular flexibility index (Phi) is 3.77. The molecule has 2 heterocycles. The number of nitrogens with zero attached hydrogens (tertiary/aromatic N) is 1. The smallest absolute Gasteiger partial charge is 0.216 e. The highest BCUT2D eigenvalue weighted by Crippen LogP contribution is 2.27. The number of nitrogens with one attached hydrogen (secondary N) is 1. The standard InChI is InChI=1S/C11H22N2O3S/c1-10(2)17(14,15)13-6-7-16-11(9-13)4-3-5-12-8-11/h10,12H,3-9H2,1-2H3. The van der Waals surface area contributed by atoms with Crippen molar-refractivity contribution in [3.8, 4) is 0 Å². The third-order valence-electron chi connectivity index (χ3n) is 3.60. The van der Waals surface area contributed by atoms with Gasteiger partial charge in [0.2, 0.25) is 10.0 Å². The van der Waals surface area contributed by atoms with Crippen molar-refractivity contribution >= 4 is 10.0 Å². The first-order valence-corrected chi connectivity index (χ1v) is 7.80. The molecule has 1 N–H and O–H groups in total.